The Hall–Kier alpha value is -3.40. The third-order valence-corrected chi connectivity index (χ3v) is 6.57. The maximum absolute atomic E-state index is 12.1. The van der Waals surface area contributed by atoms with Gasteiger partial charge in [-0.2, -0.15) is 0 Å². The van der Waals surface area contributed by atoms with Crippen molar-refractivity contribution in [2.75, 3.05) is 13.1 Å². The summed E-state index contributed by atoms with van der Waals surface area (Å²) in [4.78, 5) is 41.9. The van der Waals surface area contributed by atoms with E-state index in [0.717, 1.165) is 60.5 Å². The second-order valence-electron chi connectivity index (χ2n) is 8.29. The van der Waals surface area contributed by atoms with Crippen LogP contribution in [0.15, 0.2) is 47.5 Å². The number of nitrogens with one attached hydrogen (secondary N) is 3. The summed E-state index contributed by atoms with van der Waals surface area (Å²) < 4.78 is 5.14. The van der Waals surface area contributed by atoms with Crippen molar-refractivity contribution >= 4 is 35.3 Å². The van der Waals surface area contributed by atoms with Crippen LogP contribution in [0.4, 0.5) is 4.79 Å². The Labute approximate surface area is 209 Å². The lowest BCUT2D eigenvalue weighted by atomic mass is 10.1. The molecule has 1 aliphatic heterocycles. The second kappa shape index (κ2) is 14.1. The van der Waals surface area contributed by atoms with Gasteiger partial charge in [0.15, 0.2) is 5.96 Å². The number of aliphatic carboxylic acids is 1. The number of benzene rings is 1. The molecule has 0 fully saturated rings. The molecular weight excluding hydrogens is 468 g/mol. The number of nitrogens with zero attached hydrogens (tertiary/aromatic N) is 1. The third kappa shape index (κ3) is 9.78. The molecule has 188 valence electrons. The van der Waals surface area contributed by atoms with Gasteiger partial charge in [0.1, 0.15) is 12.6 Å². The van der Waals surface area contributed by atoms with Crippen molar-refractivity contribution in [3.63, 3.8) is 0 Å². The number of ether oxygens (including phenoxy) is 1. The fourth-order valence-corrected chi connectivity index (χ4v) is 4.65. The Morgan fingerprint density at radius 1 is 1.09 bits per heavy atom. The largest absolute Gasteiger partial charge is 0.480 e. The van der Waals surface area contributed by atoms with Gasteiger partial charge in [0, 0.05) is 35.7 Å². The van der Waals surface area contributed by atoms with Crippen LogP contribution in [0.25, 0.3) is 0 Å². The molecule has 4 N–H and O–H groups in total. The number of guanidine groups is 1. The number of carbonyl (C=O) groups excluding carboxylic acids is 2. The van der Waals surface area contributed by atoms with Gasteiger partial charge in [-0.1, -0.05) is 36.8 Å². The lowest BCUT2D eigenvalue weighted by Gasteiger charge is -2.14. The molecule has 0 aliphatic carbocycles. The minimum Gasteiger partial charge on any atom is -0.480 e. The number of hydrogen-bond acceptors (Lipinski definition) is 7. The van der Waals surface area contributed by atoms with Crippen LogP contribution in [0, 0.1) is 0 Å². The van der Waals surface area contributed by atoms with Crippen molar-refractivity contribution in [1.29, 1.82) is 0 Å². The van der Waals surface area contributed by atoms with Gasteiger partial charge >= 0.3 is 12.1 Å². The van der Waals surface area contributed by atoms with Crippen molar-refractivity contribution in [1.82, 2.24) is 16.0 Å². The maximum atomic E-state index is 12.1. The van der Waals surface area contributed by atoms with Crippen molar-refractivity contribution < 1.29 is 24.2 Å². The molecule has 0 spiro atoms. The van der Waals surface area contributed by atoms with Crippen LogP contribution in [-0.4, -0.2) is 48.2 Å². The normalized spacial score (nSPS) is 13.8. The fraction of sp³-hybridized carbons (Fsp3) is 0.440. The van der Waals surface area contributed by atoms with Crippen molar-refractivity contribution in [2.45, 2.75) is 57.6 Å². The van der Waals surface area contributed by atoms with Crippen molar-refractivity contribution in [3.8, 4) is 0 Å². The van der Waals surface area contributed by atoms with Gasteiger partial charge < -0.3 is 20.5 Å². The summed E-state index contributed by atoms with van der Waals surface area (Å²) in [5.41, 5.74) is 0.827. The van der Waals surface area contributed by atoms with Gasteiger partial charge in [0.25, 0.3) is 0 Å². The van der Waals surface area contributed by atoms with Gasteiger partial charge in [0.05, 0.1) is 0 Å². The van der Waals surface area contributed by atoms with Crippen LogP contribution in [0.2, 0.25) is 0 Å². The first-order valence-corrected chi connectivity index (χ1v) is 12.7. The zero-order valence-electron chi connectivity index (χ0n) is 19.6. The molecule has 1 aromatic carbocycles. The smallest absolute Gasteiger partial charge is 0.408 e. The predicted octanol–water partition coefficient (Wildman–Crippen LogP) is 3.24. The Morgan fingerprint density at radius 2 is 1.89 bits per heavy atom. The minimum absolute atomic E-state index is 0.0222. The number of unbranched alkanes of at least 4 members (excludes halogenated alkanes) is 2. The molecule has 1 aliphatic rings. The zero-order chi connectivity index (χ0) is 24.9. The number of aryl methyl sites for hydroxylation is 1. The molecule has 0 radical (unpaired) electrons. The number of aliphatic imine (C=N–C) groups is 1. The molecule has 3 rings (SSSR count). The molecule has 1 atom stereocenters. The molecular formula is C25H32N4O5S. The van der Waals surface area contributed by atoms with Crippen LogP contribution < -0.4 is 16.0 Å². The molecule has 2 amide bonds. The van der Waals surface area contributed by atoms with E-state index in [0.29, 0.717) is 12.4 Å². The van der Waals surface area contributed by atoms with Crippen LogP contribution in [-0.2, 0) is 33.8 Å². The SMILES string of the molecule is O=C(CCCCCc1ccc(C[C@H](NC(=O)OCc2ccccc2)C(=O)O)s1)NC1=NCCCN1. The van der Waals surface area contributed by atoms with Gasteiger partial charge in [-0.05, 0) is 43.4 Å². The van der Waals surface area contributed by atoms with E-state index in [-0.39, 0.29) is 18.9 Å². The Morgan fingerprint density at radius 3 is 2.63 bits per heavy atom. The molecule has 1 aromatic heterocycles. The van der Waals surface area contributed by atoms with E-state index in [1.807, 2.05) is 42.5 Å². The summed E-state index contributed by atoms with van der Waals surface area (Å²) in [5.74, 6) is -0.554. The average Bonchev–Trinajstić information content (AvgIpc) is 3.30. The molecule has 2 aromatic rings. The highest BCUT2D eigenvalue weighted by Crippen LogP contribution is 2.21. The van der Waals surface area contributed by atoms with Gasteiger partial charge in [-0.25, -0.2) is 9.59 Å². The van der Waals surface area contributed by atoms with Gasteiger partial charge in [-0.3, -0.25) is 15.1 Å². The summed E-state index contributed by atoms with van der Waals surface area (Å²) in [6.45, 7) is 1.66. The van der Waals surface area contributed by atoms with Crippen molar-refractivity contribution in [2.24, 2.45) is 4.99 Å². The third-order valence-electron chi connectivity index (χ3n) is 5.41. The topological polar surface area (TPSA) is 129 Å². The molecule has 2 heterocycles. The van der Waals surface area contributed by atoms with E-state index in [4.69, 9.17) is 4.74 Å². The van der Waals surface area contributed by atoms with E-state index in [1.54, 1.807) is 11.3 Å². The first-order valence-electron chi connectivity index (χ1n) is 11.9. The molecule has 10 heteroatoms. The zero-order valence-corrected chi connectivity index (χ0v) is 20.4. The molecule has 0 saturated carbocycles. The van der Waals surface area contributed by atoms with Crippen LogP contribution in [0.1, 0.15) is 47.4 Å². The Kier molecular flexibility index (Phi) is 10.6. The number of carbonyl (C=O) groups is 3. The maximum Gasteiger partial charge on any atom is 0.408 e. The van der Waals surface area contributed by atoms with E-state index in [9.17, 15) is 19.5 Å². The Balaban J connectivity index is 1.34. The lowest BCUT2D eigenvalue weighted by molar-refractivity contribution is -0.139. The first kappa shape index (κ1) is 26.2. The van der Waals surface area contributed by atoms with Crippen molar-refractivity contribution in [3.05, 3.63) is 57.8 Å². The molecule has 0 saturated heterocycles. The van der Waals surface area contributed by atoms with E-state index in [2.05, 4.69) is 20.9 Å². The monoisotopic (exact) mass is 500 g/mol. The number of alkyl carbamates (subject to hydrolysis) is 1. The highest BCUT2D eigenvalue weighted by molar-refractivity contribution is 7.12. The number of hydrogen-bond donors (Lipinski definition) is 4. The highest BCUT2D eigenvalue weighted by Gasteiger charge is 2.22. The Bertz CT molecular complexity index is 1010. The summed E-state index contributed by atoms with van der Waals surface area (Å²) in [6, 6.07) is 12.0. The molecule has 0 bridgehead atoms. The number of carboxylic acids is 1. The first-order chi connectivity index (χ1) is 17.0. The van der Waals surface area contributed by atoms with Crippen LogP contribution in [0.5, 0.6) is 0 Å². The molecule has 9 nitrogen and oxygen atoms in total. The fourth-order valence-electron chi connectivity index (χ4n) is 3.55. The van der Waals surface area contributed by atoms with Crippen LogP contribution >= 0.6 is 11.3 Å². The number of amides is 2. The summed E-state index contributed by atoms with van der Waals surface area (Å²) >= 11 is 1.54. The predicted molar refractivity (Wildman–Crippen MR) is 134 cm³/mol. The van der Waals surface area contributed by atoms with Gasteiger partial charge in [-0.15, -0.1) is 11.3 Å². The standard InChI is InChI=1S/C25H32N4O5S/c30-22(29-24-26-14-7-15-27-24)11-6-2-5-10-19-12-13-20(35-19)16-21(23(31)32)28-25(33)34-17-18-8-3-1-4-9-18/h1,3-4,8-9,12-13,21H,2,5-7,10-11,14-17H2,(H,28,33)(H,31,32)(H2,26,27,29,30)/t21-/m0/s1. The molecule has 0 unspecified atom stereocenters. The summed E-state index contributed by atoms with van der Waals surface area (Å²) in [5, 5.41) is 17.8. The minimum atomic E-state index is -1.11. The second-order valence-corrected chi connectivity index (χ2v) is 9.54. The quantitative estimate of drug-likeness (QED) is 0.331. The summed E-state index contributed by atoms with van der Waals surface area (Å²) in [6.07, 6.45) is 4.41. The van der Waals surface area contributed by atoms with Crippen LogP contribution in [0.3, 0.4) is 0 Å². The number of thiophene rings is 1. The highest BCUT2D eigenvalue weighted by atomic mass is 32.1. The van der Waals surface area contributed by atoms with E-state index < -0.39 is 18.1 Å². The molecule has 35 heavy (non-hydrogen) atoms. The van der Waals surface area contributed by atoms with E-state index >= 15 is 0 Å². The summed E-state index contributed by atoms with van der Waals surface area (Å²) in [7, 11) is 0. The lowest BCUT2D eigenvalue weighted by Crippen LogP contribution is -2.43. The van der Waals surface area contributed by atoms with Gasteiger partial charge in [0.2, 0.25) is 5.91 Å². The average molecular weight is 501 g/mol. The number of carboxylic acid groups (broad SMARTS) is 1. The van der Waals surface area contributed by atoms with E-state index in [1.165, 1.54) is 0 Å². The number of rotatable bonds is 12.